The smallest absolute Gasteiger partial charge is 0.341 e. The number of fused-ring (bicyclic) bond motifs is 1. The van der Waals surface area contributed by atoms with Gasteiger partial charge in [-0.25, -0.2) is 4.79 Å². The van der Waals surface area contributed by atoms with Gasteiger partial charge in [0.2, 0.25) is 5.91 Å². The average Bonchev–Trinajstić information content (AvgIpc) is 3.10. The molecule has 0 atom stereocenters. The summed E-state index contributed by atoms with van der Waals surface area (Å²) >= 11 is 1.51. The average molecular weight is 343 g/mol. The summed E-state index contributed by atoms with van der Waals surface area (Å²) in [4.78, 5) is 25.9. The number of amides is 1. The third kappa shape index (κ3) is 3.36. The Labute approximate surface area is 145 Å². The summed E-state index contributed by atoms with van der Waals surface area (Å²) < 4.78 is 5.19. The molecule has 126 valence electrons. The van der Waals surface area contributed by atoms with E-state index in [4.69, 9.17) is 4.74 Å². The maximum absolute atomic E-state index is 12.4. The predicted molar refractivity (Wildman–Crippen MR) is 95.8 cm³/mol. The van der Waals surface area contributed by atoms with Crippen LogP contribution in [-0.4, -0.2) is 18.5 Å². The molecule has 0 fully saturated rings. The van der Waals surface area contributed by atoms with Crippen LogP contribution in [0.3, 0.4) is 0 Å². The number of aryl methyl sites for hydroxylation is 2. The maximum Gasteiger partial charge on any atom is 0.341 e. The number of esters is 1. The Morgan fingerprint density at radius 3 is 2.79 bits per heavy atom. The molecule has 1 aromatic heterocycles. The summed E-state index contributed by atoms with van der Waals surface area (Å²) in [5, 5.41) is 3.57. The molecular weight excluding hydrogens is 322 g/mol. The van der Waals surface area contributed by atoms with Crippen molar-refractivity contribution in [3.05, 3.63) is 51.4 Å². The van der Waals surface area contributed by atoms with Crippen molar-refractivity contribution in [1.82, 2.24) is 0 Å². The number of ether oxygens (including phenoxy) is 1. The van der Waals surface area contributed by atoms with E-state index < -0.39 is 0 Å². The van der Waals surface area contributed by atoms with Crippen molar-refractivity contribution >= 4 is 28.2 Å². The highest BCUT2D eigenvalue weighted by molar-refractivity contribution is 7.17. The minimum Gasteiger partial charge on any atom is -0.462 e. The minimum absolute atomic E-state index is 0.102. The predicted octanol–water partition coefficient (Wildman–Crippen LogP) is 3.90. The van der Waals surface area contributed by atoms with Crippen LogP contribution in [0.1, 0.15) is 45.3 Å². The van der Waals surface area contributed by atoms with Gasteiger partial charge in [-0.15, -0.1) is 11.3 Å². The van der Waals surface area contributed by atoms with E-state index in [2.05, 4.69) is 5.32 Å². The highest BCUT2D eigenvalue weighted by atomic mass is 32.1. The zero-order chi connectivity index (χ0) is 17.1. The first-order valence-electron chi connectivity index (χ1n) is 8.26. The Morgan fingerprint density at radius 2 is 2.04 bits per heavy atom. The molecule has 0 unspecified atom stereocenters. The summed E-state index contributed by atoms with van der Waals surface area (Å²) in [6, 6.07) is 7.83. The summed E-state index contributed by atoms with van der Waals surface area (Å²) in [5.74, 6) is -0.433. The van der Waals surface area contributed by atoms with E-state index in [1.807, 2.05) is 31.2 Å². The van der Waals surface area contributed by atoms with E-state index in [-0.39, 0.29) is 11.9 Å². The molecule has 3 rings (SSSR count). The minimum atomic E-state index is -0.330. The van der Waals surface area contributed by atoms with Crippen molar-refractivity contribution in [2.24, 2.45) is 0 Å². The first kappa shape index (κ1) is 16.7. The number of hydrogen-bond acceptors (Lipinski definition) is 4. The highest BCUT2D eigenvalue weighted by Crippen LogP contribution is 2.39. The Hall–Kier alpha value is -2.14. The van der Waals surface area contributed by atoms with Crippen LogP contribution in [0.5, 0.6) is 0 Å². The van der Waals surface area contributed by atoms with E-state index in [1.54, 1.807) is 6.92 Å². The molecule has 4 nitrogen and oxygen atoms in total. The van der Waals surface area contributed by atoms with Crippen LogP contribution in [0.25, 0.3) is 0 Å². The highest BCUT2D eigenvalue weighted by Gasteiger charge is 2.28. The lowest BCUT2D eigenvalue weighted by molar-refractivity contribution is -0.115. The molecule has 24 heavy (non-hydrogen) atoms. The van der Waals surface area contributed by atoms with Crippen molar-refractivity contribution < 1.29 is 14.3 Å². The number of nitrogens with one attached hydrogen (secondary N) is 1. The van der Waals surface area contributed by atoms with Gasteiger partial charge < -0.3 is 10.1 Å². The molecule has 2 aromatic rings. The molecule has 0 saturated heterocycles. The van der Waals surface area contributed by atoms with Crippen molar-refractivity contribution in [3.8, 4) is 0 Å². The molecule has 0 spiro atoms. The molecule has 0 radical (unpaired) electrons. The van der Waals surface area contributed by atoms with Gasteiger partial charge in [-0.1, -0.05) is 24.3 Å². The molecule has 1 aliphatic carbocycles. The standard InChI is InChI=1S/C19H21NO3S/c1-3-23-19(22)17-14-9-6-10-15(14)24-18(17)20-16(21)11-13-8-5-4-7-12(13)2/h4-5,7-8H,3,6,9-11H2,1-2H3,(H,20,21). The Morgan fingerprint density at radius 1 is 1.25 bits per heavy atom. The van der Waals surface area contributed by atoms with Crippen LogP contribution in [0.15, 0.2) is 24.3 Å². The van der Waals surface area contributed by atoms with Crippen LogP contribution in [0.2, 0.25) is 0 Å². The Bertz CT molecular complexity index is 779. The van der Waals surface area contributed by atoms with Crippen LogP contribution in [0, 0.1) is 6.92 Å². The van der Waals surface area contributed by atoms with Gasteiger partial charge in [-0.2, -0.15) is 0 Å². The van der Waals surface area contributed by atoms with Gasteiger partial charge >= 0.3 is 5.97 Å². The lowest BCUT2D eigenvalue weighted by Gasteiger charge is -2.09. The van der Waals surface area contributed by atoms with Crippen LogP contribution in [-0.2, 0) is 28.8 Å². The van der Waals surface area contributed by atoms with Gasteiger partial charge in [0.25, 0.3) is 0 Å². The number of anilines is 1. The molecular formula is C19H21NO3S. The van der Waals surface area contributed by atoms with E-state index in [0.29, 0.717) is 23.6 Å². The zero-order valence-corrected chi connectivity index (χ0v) is 14.8. The SMILES string of the molecule is CCOC(=O)c1c(NC(=O)Cc2ccccc2C)sc2c1CCC2. The summed E-state index contributed by atoms with van der Waals surface area (Å²) in [6.45, 7) is 4.12. The second kappa shape index (κ2) is 7.18. The van der Waals surface area contributed by atoms with Gasteiger partial charge in [-0.3, -0.25) is 4.79 Å². The van der Waals surface area contributed by atoms with E-state index in [0.717, 1.165) is 36.0 Å². The van der Waals surface area contributed by atoms with Gasteiger partial charge in [0, 0.05) is 4.88 Å². The zero-order valence-electron chi connectivity index (χ0n) is 14.0. The molecule has 0 aliphatic heterocycles. The third-order valence-corrected chi connectivity index (χ3v) is 5.47. The second-order valence-electron chi connectivity index (χ2n) is 5.93. The fraction of sp³-hybridized carbons (Fsp3) is 0.368. The largest absolute Gasteiger partial charge is 0.462 e. The fourth-order valence-corrected chi connectivity index (χ4v) is 4.36. The topological polar surface area (TPSA) is 55.4 Å². The van der Waals surface area contributed by atoms with Crippen molar-refractivity contribution in [3.63, 3.8) is 0 Å². The van der Waals surface area contributed by atoms with E-state index in [9.17, 15) is 9.59 Å². The molecule has 1 aliphatic rings. The van der Waals surface area contributed by atoms with Gasteiger partial charge in [-0.05, 0) is 49.8 Å². The van der Waals surface area contributed by atoms with Gasteiger partial charge in [0.1, 0.15) is 5.00 Å². The summed E-state index contributed by atoms with van der Waals surface area (Å²) in [6.07, 6.45) is 3.22. The van der Waals surface area contributed by atoms with E-state index >= 15 is 0 Å². The summed E-state index contributed by atoms with van der Waals surface area (Å²) in [7, 11) is 0. The van der Waals surface area contributed by atoms with Crippen molar-refractivity contribution in [2.45, 2.75) is 39.5 Å². The molecule has 1 amide bonds. The second-order valence-corrected chi connectivity index (χ2v) is 7.04. The molecule has 1 aromatic carbocycles. The van der Waals surface area contributed by atoms with Crippen LogP contribution >= 0.6 is 11.3 Å². The quantitative estimate of drug-likeness (QED) is 0.838. The molecule has 1 heterocycles. The van der Waals surface area contributed by atoms with Gasteiger partial charge in [0.15, 0.2) is 0 Å². The van der Waals surface area contributed by atoms with Gasteiger partial charge in [0.05, 0.1) is 18.6 Å². The normalized spacial score (nSPS) is 12.8. The first-order chi connectivity index (χ1) is 11.6. The number of rotatable bonds is 5. The fourth-order valence-electron chi connectivity index (χ4n) is 3.06. The maximum atomic E-state index is 12.4. The first-order valence-corrected chi connectivity index (χ1v) is 9.07. The summed E-state index contributed by atoms with van der Waals surface area (Å²) in [5.41, 5.74) is 3.71. The number of carbonyl (C=O) groups excluding carboxylic acids is 2. The number of hydrogen-bond donors (Lipinski definition) is 1. The molecule has 0 bridgehead atoms. The lowest BCUT2D eigenvalue weighted by atomic mass is 10.1. The number of benzene rings is 1. The van der Waals surface area contributed by atoms with Crippen LogP contribution in [0.4, 0.5) is 5.00 Å². The van der Waals surface area contributed by atoms with Crippen molar-refractivity contribution in [1.29, 1.82) is 0 Å². The number of thiophene rings is 1. The monoisotopic (exact) mass is 343 g/mol. The third-order valence-electron chi connectivity index (χ3n) is 4.27. The Kier molecular flexibility index (Phi) is 5.00. The molecule has 5 heteroatoms. The lowest BCUT2D eigenvalue weighted by Crippen LogP contribution is -2.17. The van der Waals surface area contributed by atoms with Crippen LogP contribution < -0.4 is 5.32 Å². The molecule has 1 N–H and O–H groups in total. The van der Waals surface area contributed by atoms with E-state index in [1.165, 1.54) is 16.2 Å². The Balaban J connectivity index is 1.81. The number of carbonyl (C=O) groups is 2. The van der Waals surface area contributed by atoms with Crippen molar-refractivity contribution in [2.75, 3.05) is 11.9 Å². The molecule has 0 saturated carbocycles.